The van der Waals surface area contributed by atoms with Gasteiger partial charge >= 0.3 is 0 Å². The van der Waals surface area contributed by atoms with E-state index in [4.69, 9.17) is 5.11 Å². The first-order valence-corrected chi connectivity index (χ1v) is 4.98. The molecule has 0 aliphatic rings. The first-order chi connectivity index (χ1) is 6.72. The molecule has 0 bridgehead atoms. The number of aliphatic hydroxyl groups is 1. The van der Waals surface area contributed by atoms with Gasteiger partial charge in [0.2, 0.25) is 0 Å². The molecule has 3 heteroatoms. The minimum Gasteiger partial charge on any atom is -0.396 e. The van der Waals surface area contributed by atoms with Crippen LogP contribution in [0.3, 0.4) is 0 Å². The summed E-state index contributed by atoms with van der Waals surface area (Å²) in [6.45, 7) is 5.97. The molecule has 0 amide bonds. The molecule has 0 unspecified atom stereocenters. The molecule has 0 saturated heterocycles. The van der Waals surface area contributed by atoms with Gasteiger partial charge in [0, 0.05) is 24.5 Å². The second-order valence-corrected chi connectivity index (χ2v) is 3.51. The number of pyridine rings is 1. The van der Waals surface area contributed by atoms with Crippen molar-refractivity contribution in [3.05, 3.63) is 29.1 Å². The largest absolute Gasteiger partial charge is 0.396 e. The average molecular weight is 194 g/mol. The monoisotopic (exact) mass is 194 g/mol. The van der Waals surface area contributed by atoms with Crippen LogP contribution in [-0.4, -0.2) is 23.2 Å². The van der Waals surface area contributed by atoms with Crippen molar-refractivity contribution in [1.29, 1.82) is 0 Å². The standard InChI is InChI=1S/C11H18N2O/c1-9-6-11(7-10(2)13-9)8-12-4-3-5-14/h6-7,12,14H,3-5,8H2,1-2H3. The minimum atomic E-state index is 0.251. The number of aryl methyl sites for hydroxylation is 2. The van der Waals surface area contributed by atoms with E-state index in [0.717, 1.165) is 30.9 Å². The third-order valence-electron chi connectivity index (χ3n) is 1.98. The van der Waals surface area contributed by atoms with Gasteiger partial charge in [0.05, 0.1) is 0 Å². The third kappa shape index (κ3) is 3.85. The molecular formula is C11H18N2O. The smallest absolute Gasteiger partial charge is 0.0443 e. The normalized spacial score (nSPS) is 10.5. The van der Waals surface area contributed by atoms with Crippen LogP contribution in [-0.2, 0) is 6.54 Å². The van der Waals surface area contributed by atoms with E-state index < -0.39 is 0 Å². The highest BCUT2D eigenvalue weighted by atomic mass is 16.3. The fourth-order valence-electron chi connectivity index (χ4n) is 1.46. The molecule has 1 rings (SSSR count). The quantitative estimate of drug-likeness (QED) is 0.692. The molecule has 0 spiro atoms. The molecule has 0 aromatic carbocycles. The van der Waals surface area contributed by atoms with E-state index >= 15 is 0 Å². The maximum Gasteiger partial charge on any atom is 0.0443 e. The number of nitrogens with one attached hydrogen (secondary N) is 1. The summed E-state index contributed by atoms with van der Waals surface area (Å²) >= 11 is 0. The Balaban J connectivity index is 2.42. The van der Waals surface area contributed by atoms with Gasteiger partial charge in [-0.3, -0.25) is 4.98 Å². The minimum absolute atomic E-state index is 0.251. The summed E-state index contributed by atoms with van der Waals surface area (Å²) in [7, 11) is 0. The summed E-state index contributed by atoms with van der Waals surface area (Å²) in [5.74, 6) is 0. The molecule has 0 aliphatic heterocycles. The summed E-state index contributed by atoms with van der Waals surface area (Å²) in [4.78, 5) is 4.31. The van der Waals surface area contributed by atoms with Crippen molar-refractivity contribution in [3.63, 3.8) is 0 Å². The highest BCUT2D eigenvalue weighted by Crippen LogP contribution is 2.04. The van der Waals surface area contributed by atoms with E-state index in [2.05, 4.69) is 22.4 Å². The van der Waals surface area contributed by atoms with E-state index in [1.165, 1.54) is 5.56 Å². The molecule has 0 atom stereocenters. The van der Waals surface area contributed by atoms with Crippen molar-refractivity contribution in [2.75, 3.05) is 13.2 Å². The van der Waals surface area contributed by atoms with Crippen LogP contribution < -0.4 is 5.32 Å². The zero-order valence-corrected chi connectivity index (χ0v) is 8.88. The molecule has 1 aromatic rings. The van der Waals surface area contributed by atoms with Gasteiger partial charge in [-0.25, -0.2) is 0 Å². The summed E-state index contributed by atoms with van der Waals surface area (Å²) in [5.41, 5.74) is 3.38. The lowest BCUT2D eigenvalue weighted by Crippen LogP contribution is -2.16. The lowest BCUT2D eigenvalue weighted by Gasteiger charge is -2.05. The lowest BCUT2D eigenvalue weighted by atomic mass is 10.2. The number of nitrogens with zero attached hydrogens (tertiary/aromatic N) is 1. The zero-order valence-electron chi connectivity index (χ0n) is 8.88. The number of hydrogen-bond donors (Lipinski definition) is 2. The Morgan fingerprint density at radius 3 is 2.50 bits per heavy atom. The Kier molecular flexibility index (Phi) is 4.56. The van der Waals surface area contributed by atoms with Gasteiger partial charge in [-0.1, -0.05) is 0 Å². The van der Waals surface area contributed by atoms with Crippen molar-refractivity contribution < 1.29 is 5.11 Å². The molecule has 0 aliphatic carbocycles. The fourth-order valence-corrected chi connectivity index (χ4v) is 1.46. The van der Waals surface area contributed by atoms with Crippen molar-refractivity contribution in [3.8, 4) is 0 Å². The molecule has 2 N–H and O–H groups in total. The summed E-state index contributed by atoms with van der Waals surface area (Å²) in [5, 5.41) is 11.9. The molecule has 14 heavy (non-hydrogen) atoms. The highest BCUT2D eigenvalue weighted by molar-refractivity contribution is 5.19. The number of aliphatic hydroxyl groups excluding tert-OH is 1. The van der Waals surface area contributed by atoms with Crippen LogP contribution in [0.2, 0.25) is 0 Å². The van der Waals surface area contributed by atoms with Crippen LogP contribution in [0, 0.1) is 13.8 Å². The SMILES string of the molecule is Cc1cc(CNCCCO)cc(C)n1. The van der Waals surface area contributed by atoms with Crippen LogP contribution in [0.1, 0.15) is 23.4 Å². The van der Waals surface area contributed by atoms with Gasteiger partial charge < -0.3 is 10.4 Å². The van der Waals surface area contributed by atoms with Gasteiger partial charge in [-0.05, 0) is 44.5 Å². The van der Waals surface area contributed by atoms with Crippen LogP contribution in [0.15, 0.2) is 12.1 Å². The lowest BCUT2D eigenvalue weighted by molar-refractivity contribution is 0.286. The molecule has 1 heterocycles. The van der Waals surface area contributed by atoms with Crippen molar-refractivity contribution in [2.45, 2.75) is 26.8 Å². The predicted octanol–water partition coefficient (Wildman–Crippen LogP) is 1.17. The average Bonchev–Trinajstić information content (AvgIpc) is 2.11. The third-order valence-corrected chi connectivity index (χ3v) is 1.98. The first kappa shape index (κ1) is 11.1. The van der Waals surface area contributed by atoms with Crippen molar-refractivity contribution in [1.82, 2.24) is 10.3 Å². The Morgan fingerprint density at radius 1 is 1.29 bits per heavy atom. The number of rotatable bonds is 5. The molecule has 0 saturated carbocycles. The van der Waals surface area contributed by atoms with Gasteiger partial charge in [0.15, 0.2) is 0 Å². The van der Waals surface area contributed by atoms with Gasteiger partial charge in [-0.15, -0.1) is 0 Å². The zero-order chi connectivity index (χ0) is 10.4. The fraction of sp³-hybridized carbons (Fsp3) is 0.545. The van der Waals surface area contributed by atoms with Crippen molar-refractivity contribution in [2.24, 2.45) is 0 Å². The second kappa shape index (κ2) is 5.73. The molecule has 0 fully saturated rings. The van der Waals surface area contributed by atoms with Crippen LogP contribution in [0.25, 0.3) is 0 Å². The Morgan fingerprint density at radius 2 is 1.93 bits per heavy atom. The van der Waals surface area contributed by atoms with E-state index in [9.17, 15) is 0 Å². The summed E-state index contributed by atoms with van der Waals surface area (Å²) < 4.78 is 0. The summed E-state index contributed by atoms with van der Waals surface area (Å²) in [6, 6.07) is 4.16. The maximum absolute atomic E-state index is 8.60. The predicted molar refractivity (Wildman–Crippen MR) is 57.1 cm³/mol. The Hall–Kier alpha value is -0.930. The molecule has 0 radical (unpaired) electrons. The molecule has 1 aromatic heterocycles. The number of hydrogen-bond acceptors (Lipinski definition) is 3. The van der Waals surface area contributed by atoms with E-state index in [-0.39, 0.29) is 6.61 Å². The van der Waals surface area contributed by atoms with Crippen LogP contribution >= 0.6 is 0 Å². The van der Waals surface area contributed by atoms with Gasteiger partial charge in [-0.2, -0.15) is 0 Å². The first-order valence-electron chi connectivity index (χ1n) is 4.98. The van der Waals surface area contributed by atoms with Gasteiger partial charge in [0.1, 0.15) is 0 Å². The summed E-state index contributed by atoms with van der Waals surface area (Å²) in [6.07, 6.45) is 0.809. The Bertz CT molecular complexity index is 266. The van der Waals surface area contributed by atoms with E-state index in [0.29, 0.717) is 0 Å². The molecule has 78 valence electrons. The molecule has 3 nitrogen and oxygen atoms in total. The Labute approximate surface area is 85.2 Å². The number of aromatic nitrogens is 1. The maximum atomic E-state index is 8.60. The second-order valence-electron chi connectivity index (χ2n) is 3.51. The molecular weight excluding hydrogens is 176 g/mol. The van der Waals surface area contributed by atoms with E-state index in [1.807, 2.05) is 13.8 Å². The van der Waals surface area contributed by atoms with Crippen LogP contribution in [0.5, 0.6) is 0 Å². The van der Waals surface area contributed by atoms with Crippen LogP contribution in [0.4, 0.5) is 0 Å². The van der Waals surface area contributed by atoms with Crippen molar-refractivity contribution >= 4 is 0 Å². The highest BCUT2D eigenvalue weighted by Gasteiger charge is 1.96. The topological polar surface area (TPSA) is 45.1 Å². The van der Waals surface area contributed by atoms with Gasteiger partial charge in [0.25, 0.3) is 0 Å². The van der Waals surface area contributed by atoms with E-state index in [1.54, 1.807) is 0 Å².